The van der Waals surface area contributed by atoms with Crippen molar-refractivity contribution in [3.8, 4) is 11.5 Å². The lowest BCUT2D eigenvalue weighted by molar-refractivity contribution is 0.00578. The second-order valence-electron chi connectivity index (χ2n) is 7.48. The van der Waals surface area contributed by atoms with Gasteiger partial charge in [-0.3, -0.25) is 0 Å². The first kappa shape index (κ1) is 20.1. The maximum Gasteiger partial charge on any atom is 0.466 e. The van der Waals surface area contributed by atoms with Crippen molar-refractivity contribution >= 4 is 17.0 Å². The number of aromatic hydroxyl groups is 1. The zero-order valence-electron chi connectivity index (χ0n) is 15.7. The molecule has 140 valence electrons. The van der Waals surface area contributed by atoms with Gasteiger partial charge < -0.3 is 19.2 Å². The van der Waals surface area contributed by atoms with Gasteiger partial charge in [-0.1, -0.05) is 6.07 Å². The van der Waals surface area contributed by atoms with Gasteiger partial charge in [0.05, 0.1) is 23.6 Å². The average molecular weight is 370 g/mol. The monoisotopic (exact) mass is 370 g/mol. The molecule has 0 saturated carbocycles. The zero-order chi connectivity index (χ0) is 19.0. The molecule has 1 N–H and O–H groups in total. The van der Waals surface area contributed by atoms with Crippen LogP contribution < -0.4 is 4.74 Å². The molecule has 2 rings (SSSR count). The molecule has 0 aromatic heterocycles. The maximum absolute atomic E-state index is 12.0. The van der Waals surface area contributed by atoms with Crippen LogP contribution in [0.2, 0.25) is 0 Å². The average Bonchev–Trinajstić information content (AvgIpc) is 2.66. The molecule has 1 aliphatic heterocycles. The number of rotatable bonds is 6. The number of hydrogen-bond donors (Lipinski definition) is 1. The topological polar surface area (TPSA) is 82.1 Å². The van der Waals surface area contributed by atoms with E-state index in [4.69, 9.17) is 14.0 Å². The summed E-state index contributed by atoms with van der Waals surface area (Å²) in [7, 11) is -3.99. The van der Waals surface area contributed by atoms with Crippen LogP contribution in [-0.4, -0.2) is 50.5 Å². The van der Waals surface area contributed by atoms with Gasteiger partial charge in [-0.2, -0.15) is 0 Å². The third-order valence-electron chi connectivity index (χ3n) is 4.79. The molecule has 1 aromatic carbocycles. The number of hydrogen-bond acceptors (Lipinski definition) is 6. The molecule has 0 amide bonds. The minimum atomic E-state index is -3.28. The van der Waals surface area contributed by atoms with Gasteiger partial charge in [0.2, 0.25) is 0 Å². The van der Waals surface area contributed by atoms with E-state index in [1.54, 1.807) is 12.1 Å². The quantitative estimate of drug-likeness (QED) is 0.775. The van der Waals surface area contributed by atoms with Crippen molar-refractivity contribution in [3.05, 3.63) is 23.8 Å². The van der Waals surface area contributed by atoms with Crippen LogP contribution in [0.5, 0.6) is 11.5 Å². The van der Waals surface area contributed by atoms with E-state index in [1.807, 2.05) is 34.6 Å². The summed E-state index contributed by atoms with van der Waals surface area (Å²) in [6, 6.07) is 4.83. The Morgan fingerprint density at radius 1 is 1.20 bits per heavy atom. The fourth-order valence-corrected chi connectivity index (χ4v) is 3.75. The van der Waals surface area contributed by atoms with Gasteiger partial charge in [0.1, 0.15) is 9.84 Å². The molecule has 8 heteroatoms. The van der Waals surface area contributed by atoms with Crippen molar-refractivity contribution < 1.29 is 27.6 Å². The molecule has 1 unspecified atom stereocenters. The normalized spacial score (nSPS) is 20.5. The Hall–Kier alpha value is -1.25. The first-order valence-electron chi connectivity index (χ1n) is 8.35. The molecule has 25 heavy (non-hydrogen) atoms. The van der Waals surface area contributed by atoms with Gasteiger partial charge in [-0.05, 0) is 52.3 Å². The second kappa shape index (κ2) is 6.81. The smallest absolute Gasteiger partial charge is 0.466 e. The molecule has 1 aliphatic rings. The van der Waals surface area contributed by atoms with Gasteiger partial charge in [-0.25, -0.2) is 8.42 Å². The third kappa shape index (κ3) is 4.48. The highest BCUT2D eigenvalue weighted by molar-refractivity contribution is 7.90. The number of benzene rings is 1. The van der Waals surface area contributed by atoms with Gasteiger partial charge in [0.15, 0.2) is 11.5 Å². The summed E-state index contributed by atoms with van der Waals surface area (Å²) in [6.45, 7) is 9.90. The molecule has 1 fully saturated rings. The van der Waals surface area contributed by atoms with Crippen LogP contribution in [0, 0.1) is 0 Å². The Morgan fingerprint density at radius 3 is 2.24 bits per heavy atom. The predicted octanol–water partition coefficient (Wildman–Crippen LogP) is 2.55. The van der Waals surface area contributed by atoms with Crippen molar-refractivity contribution in [2.75, 3.05) is 18.6 Å². The van der Waals surface area contributed by atoms with Crippen molar-refractivity contribution in [2.24, 2.45) is 0 Å². The van der Waals surface area contributed by atoms with Gasteiger partial charge in [-0.15, -0.1) is 0 Å². The highest BCUT2D eigenvalue weighted by atomic mass is 32.2. The van der Waals surface area contributed by atoms with Crippen LogP contribution in [0.3, 0.4) is 0 Å². The number of phenols is 1. The van der Waals surface area contributed by atoms with Crippen LogP contribution in [0.15, 0.2) is 18.2 Å². The summed E-state index contributed by atoms with van der Waals surface area (Å²) < 4.78 is 41.5. The Balaban J connectivity index is 2.43. The highest BCUT2D eigenvalue weighted by Crippen LogP contribution is 2.42. The van der Waals surface area contributed by atoms with Crippen LogP contribution in [0.1, 0.15) is 46.0 Å². The molecule has 0 radical (unpaired) electrons. The highest BCUT2D eigenvalue weighted by Gasteiger charge is 2.54. The number of ether oxygens (including phenoxy) is 1. The Kier molecular flexibility index (Phi) is 5.47. The fourth-order valence-electron chi connectivity index (χ4n) is 2.74. The van der Waals surface area contributed by atoms with Crippen LogP contribution in [0.25, 0.3) is 0 Å². The van der Waals surface area contributed by atoms with Gasteiger partial charge in [0.25, 0.3) is 0 Å². The summed E-state index contributed by atoms with van der Waals surface area (Å²) in [5.74, 6) is -0.330. The van der Waals surface area contributed by atoms with Crippen molar-refractivity contribution in [1.82, 2.24) is 0 Å². The molecule has 1 heterocycles. The molecule has 1 saturated heterocycles. The summed E-state index contributed by atoms with van der Waals surface area (Å²) >= 11 is 0. The maximum atomic E-state index is 12.0. The molecular weight excluding hydrogens is 343 g/mol. The van der Waals surface area contributed by atoms with E-state index in [1.165, 1.54) is 12.3 Å². The van der Waals surface area contributed by atoms with E-state index in [-0.39, 0.29) is 11.5 Å². The lowest BCUT2D eigenvalue weighted by Crippen LogP contribution is -2.41. The Labute approximate surface area is 150 Å². The molecule has 0 aliphatic carbocycles. The lowest BCUT2D eigenvalue weighted by Gasteiger charge is -2.32. The van der Waals surface area contributed by atoms with Crippen molar-refractivity contribution in [3.63, 3.8) is 0 Å². The van der Waals surface area contributed by atoms with Gasteiger partial charge >= 0.3 is 7.12 Å². The minimum absolute atomic E-state index is 0.0117. The van der Waals surface area contributed by atoms with E-state index < -0.39 is 34.0 Å². The predicted molar refractivity (Wildman–Crippen MR) is 97.8 cm³/mol. The summed E-state index contributed by atoms with van der Waals surface area (Å²) in [5, 5.41) is 9.91. The molecule has 0 spiro atoms. The van der Waals surface area contributed by atoms with Crippen LogP contribution in [-0.2, 0) is 19.1 Å². The standard InChI is InChI=1S/C17H27BO6S/c1-7-22-15-10-12(8-9-14(15)19)13(11-25(6,20)21)18-23-16(2,3)17(4,5)24-18/h8-10,13,19H,7,11H2,1-6H3. The molecule has 0 bridgehead atoms. The second-order valence-corrected chi connectivity index (χ2v) is 9.67. The number of phenolic OH excluding ortho intramolecular Hbond substituents is 1. The van der Waals surface area contributed by atoms with Crippen LogP contribution >= 0.6 is 0 Å². The first-order valence-corrected chi connectivity index (χ1v) is 10.4. The fraction of sp³-hybridized carbons (Fsp3) is 0.647. The number of sulfone groups is 1. The van der Waals surface area contributed by atoms with Crippen molar-refractivity contribution in [1.29, 1.82) is 0 Å². The van der Waals surface area contributed by atoms with E-state index in [2.05, 4.69) is 0 Å². The van der Waals surface area contributed by atoms with Crippen LogP contribution in [0.4, 0.5) is 0 Å². The van der Waals surface area contributed by atoms with Crippen molar-refractivity contribution in [2.45, 2.75) is 51.6 Å². The Morgan fingerprint density at radius 2 is 1.76 bits per heavy atom. The summed E-state index contributed by atoms with van der Waals surface area (Å²) in [5.41, 5.74) is -0.439. The SMILES string of the molecule is CCOc1cc(C(CS(C)(=O)=O)B2OC(C)(C)C(C)(C)O2)ccc1O. The largest absolute Gasteiger partial charge is 0.504 e. The van der Waals surface area contributed by atoms with E-state index >= 15 is 0 Å². The molecule has 1 atom stereocenters. The minimum Gasteiger partial charge on any atom is -0.504 e. The Bertz CT molecular complexity index is 713. The van der Waals surface area contributed by atoms with E-state index in [0.29, 0.717) is 17.9 Å². The molecule has 6 nitrogen and oxygen atoms in total. The third-order valence-corrected chi connectivity index (χ3v) is 5.76. The molecular formula is C17H27BO6S. The van der Waals surface area contributed by atoms with E-state index in [0.717, 1.165) is 0 Å². The van der Waals surface area contributed by atoms with Gasteiger partial charge in [0, 0.05) is 12.1 Å². The lowest BCUT2D eigenvalue weighted by atomic mass is 9.69. The molecule has 1 aromatic rings. The first-order chi connectivity index (χ1) is 11.4. The summed E-state index contributed by atoms with van der Waals surface area (Å²) in [4.78, 5) is 0. The van der Waals surface area contributed by atoms with E-state index in [9.17, 15) is 13.5 Å². The zero-order valence-corrected chi connectivity index (χ0v) is 16.5. The summed E-state index contributed by atoms with van der Waals surface area (Å²) in [6.07, 6.45) is 1.19.